The Kier molecular flexibility index (Phi) is 10.3. The number of carbonyl (C=O) groups is 1. The maximum atomic E-state index is 14.3. The number of piperidine rings is 1. The van der Waals surface area contributed by atoms with E-state index in [2.05, 4.69) is 15.8 Å². The highest BCUT2D eigenvalue weighted by atomic mass is 35.5. The van der Waals surface area contributed by atoms with Gasteiger partial charge in [0.15, 0.2) is 5.76 Å². The number of halogens is 4. The van der Waals surface area contributed by atoms with Gasteiger partial charge in [0, 0.05) is 54.7 Å². The molecule has 47 heavy (non-hydrogen) atoms. The van der Waals surface area contributed by atoms with Gasteiger partial charge >= 0.3 is 0 Å². The van der Waals surface area contributed by atoms with Crippen LogP contribution in [0.4, 0.5) is 8.78 Å². The minimum absolute atomic E-state index is 0.0503. The van der Waals surface area contributed by atoms with E-state index in [-0.39, 0.29) is 35.0 Å². The van der Waals surface area contributed by atoms with E-state index in [1.54, 1.807) is 25.3 Å². The number of aromatic nitrogens is 1. The third-order valence-electron chi connectivity index (χ3n) is 8.88. The average Bonchev–Trinajstić information content (AvgIpc) is 3.82. The highest BCUT2D eigenvalue weighted by Crippen LogP contribution is 2.40. The monoisotopic (exact) mass is 688 g/mol. The fraction of sp³-hybridized carbons (Fsp3) is 0.412. The molecule has 0 radical (unpaired) electrons. The molecular formula is C34H36Cl2F2N4O5. The number of nitrogens with zero attached hydrogens (tertiary/aromatic N) is 2. The second-order valence-corrected chi connectivity index (χ2v) is 12.8. The maximum absolute atomic E-state index is 14.3. The van der Waals surface area contributed by atoms with Crippen LogP contribution < -0.4 is 15.5 Å². The standard InChI is InChI=1S/C34H36Cl2F2N4O5/c1-45-13-10-20-2-6-26(35)21(14-20)18-42(23-4-5-23)33(43)25-17-39-12-11-34(25,44)22-3-9-30(40-16-22)46-19-24-15-29(41-47-24)31-27(37)7-8-28(38)32(31)36/h2-3,6-9,14-16,23,25,29,39,41,44H,4-5,10-13,17-19H2,1H3/t25-,29?,34+/m1/s1. The van der Waals surface area contributed by atoms with Crippen LogP contribution in [-0.4, -0.2) is 60.4 Å². The number of pyridine rings is 1. The van der Waals surface area contributed by atoms with Crippen LogP contribution >= 0.6 is 23.2 Å². The van der Waals surface area contributed by atoms with E-state index >= 15 is 0 Å². The minimum atomic E-state index is -1.45. The summed E-state index contributed by atoms with van der Waals surface area (Å²) in [5, 5.41) is 15.6. The van der Waals surface area contributed by atoms with Crippen molar-refractivity contribution in [3.05, 3.63) is 104 Å². The van der Waals surface area contributed by atoms with Crippen LogP contribution in [0.1, 0.15) is 47.6 Å². The number of rotatable bonds is 12. The topological polar surface area (TPSA) is 105 Å². The van der Waals surface area contributed by atoms with Crippen molar-refractivity contribution >= 4 is 29.1 Å². The molecule has 1 amide bonds. The first-order chi connectivity index (χ1) is 22.7. The second-order valence-electron chi connectivity index (χ2n) is 12.1. The summed E-state index contributed by atoms with van der Waals surface area (Å²) in [6, 6.07) is 10.4. The number of hydroxylamine groups is 1. The Bertz CT molecular complexity index is 1640. The van der Waals surface area contributed by atoms with Crippen molar-refractivity contribution in [1.29, 1.82) is 0 Å². The van der Waals surface area contributed by atoms with E-state index in [1.807, 2.05) is 23.1 Å². The Labute approximate surface area is 281 Å². The lowest BCUT2D eigenvalue weighted by Gasteiger charge is -2.42. The number of aliphatic hydroxyl groups is 1. The molecule has 3 aromatic rings. The first kappa shape index (κ1) is 33.6. The Balaban J connectivity index is 1.14. The Morgan fingerprint density at radius 1 is 1.17 bits per heavy atom. The van der Waals surface area contributed by atoms with Crippen molar-refractivity contribution in [3.8, 4) is 5.88 Å². The molecular weight excluding hydrogens is 653 g/mol. The van der Waals surface area contributed by atoms with Gasteiger partial charge in [-0.2, -0.15) is 0 Å². The predicted molar refractivity (Wildman–Crippen MR) is 172 cm³/mol. The molecule has 0 spiro atoms. The van der Waals surface area contributed by atoms with Crippen LogP contribution in [0.2, 0.25) is 10.0 Å². The van der Waals surface area contributed by atoms with E-state index in [4.69, 9.17) is 37.5 Å². The van der Waals surface area contributed by atoms with Crippen molar-refractivity contribution < 1.29 is 33.0 Å². The van der Waals surface area contributed by atoms with Crippen LogP contribution in [-0.2, 0) is 32.9 Å². The van der Waals surface area contributed by atoms with Gasteiger partial charge in [0.05, 0.1) is 23.6 Å². The summed E-state index contributed by atoms with van der Waals surface area (Å²) in [7, 11) is 1.66. The zero-order chi connectivity index (χ0) is 33.1. The summed E-state index contributed by atoms with van der Waals surface area (Å²) >= 11 is 12.6. The molecule has 3 heterocycles. The van der Waals surface area contributed by atoms with E-state index in [0.717, 1.165) is 42.5 Å². The van der Waals surface area contributed by atoms with E-state index < -0.39 is 29.2 Å². The summed E-state index contributed by atoms with van der Waals surface area (Å²) in [5.74, 6) is -1.71. The number of amides is 1. The average molecular weight is 690 g/mol. The first-order valence-electron chi connectivity index (χ1n) is 15.5. The van der Waals surface area contributed by atoms with Crippen LogP contribution in [0.5, 0.6) is 5.88 Å². The third kappa shape index (κ3) is 7.40. The summed E-state index contributed by atoms with van der Waals surface area (Å²) < 4.78 is 39.2. The van der Waals surface area contributed by atoms with Gasteiger partial charge < -0.3 is 29.6 Å². The maximum Gasteiger partial charge on any atom is 0.230 e. The van der Waals surface area contributed by atoms with Gasteiger partial charge in [-0.05, 0) is 73.7 Å². The van der Waals surface area contributed by atoms with Crippen molar-refractivity contribution in [1.82, 2.24) is 20.7 Å². The lowest BCUT2D eigenvalue weighted by molar-refractivity contribution is -0.150. The lowest BCUT2D eigenvalue weighted by Crippen LogP contribution is -2.55. The Morgan fingerprint density at radius 3 is 2.72 bits per heavy atom. The van der Waals surface area contributed by atoms with Crippen molar-refractivity contribution in [2.24, 2.45) is 5.92 Å². The van der Waals surface area contributed by atoms with E-state index in [9.17, 15) is 18.7 Å². The Morgan fingerprint density at radius 2 is 1.98 bits per heavy atom. The number of hydrogen-bond donors (Lipinski definition) is 3. The van der Waals surface area contributed by atoms with Crippen LogP contribution in [0, 0.1) is 17.6 Å². The molecule has 0 bridgehead atoms. The zero-order valence-corrected chi connectivity index (χ0v) is 27.3. The van der Waals surface area contributed by atoms with E-state index in [1.165, 1.54) is 6.20 Å². The molecule has 1 unspecified atom stereocenters. The van der Waals surface area contributed by atoms with Gasteiger partial charge in [-0.1, -0.05) is 35.3 Å². The molecule has 1 aromatic heterocycles. The molecule has 2 aromatic carbocycles. The van der Waals surface area contributed by atoms with Crippen LogP contribution in [0.15, 0.2) is 60.5 Å². The molecule has 6 rings (SSSR count). The van der Waals surface area contributed by atoms with Gasteiger partial charge in [-0.3, -0.25) is 4.79 Å². The van der Waals surface area contributed by atoms with Crippen molar-refractivity contribution in [2.45, 2.75) is 49.9 Å². The number of nitrogens with one attached hydrogen (secondary N) is 2. The SMILES string of the molecule is COCCc1ccc(Cl)c(CN(C(=O)[C@H]2CNCC[C@]2(O)c2ccc(OCC3=CC(c4c(F)ccc(F)c4Cl)NO3)nc2)C2CC2)c1. The van der Waals surface area contributed by atoms with Crippen molar-refractivity contribution in [3.63, 3.8) is 0 Å². The van der Waals surface area contributed by atoms with E-state index in [0.29, 0.717) is 49.0 Å². The Hall–Kier alpha value is -3.32. The minimum Gasteiger partial charge on any atom is -0.469 e. The van der Waals surface area contributed by atoms with Gasteiger partial charge in [0.1, 0.15) is 23.8 Å². The summed E-state index contributed by atoms with van der Waals surface area (Å²) in [6.07, 6.45) is 5.93. The summed E-state index contributed by atoms with van der Waals surface area (Å²) in [4.78, 5) is 25.8. The second kappa shape index (κ2) is 14.4. The quantitative estimate of drug-likeness (QED) is 0.218. The number of carbonyl (C=O) groups excluding carboxylic acids is 1. The summed E-state index contributed by atoms with van der Waals surface area (Å²) in [6.45, 7) is 1.73. The normalized spacial score (nSPS) is 22.5. The number of methoxy groups -OCH3 is 1. The molecule has 2 aliphatic heterocycles. The van der Waals surface area contributed by atoms with Gasteiger partial charge in [0.25, 0.3) is 0 Å². The predicted octanol–water partition coefficient (Wildman–Crippen LogP) is 5.38. The largest absolute Gasteiger partial charge is 0.469 e. The number of benzene rings is 2. The molecule has 3 N–H and O–H groups in total. The fourth-order valence-electron chi connectivity index (χ4n) is 6.09. The number of hydrogen-bond acceptors (Lipinski definition) is 8. The molecule has 3 atom stereocenters. The molecule has 250 valence electrons. The highest BCUT2D eigenvalue weighted by molar-refractivity contribution is 6.31. The zero-order valence-electron chi connectivity index (χ0n) is 25.8. The molecule has 1 aliphatic carbocycles. The number of ether oxygens (including phenoxy) is 2. The van der Waals surface area contributed by atoms with Crippen LogP contribution in [0.25, 0.3) is 0 Å². The fourth-order valence-corrected chi connectivity index (χ4v) is 6.54. The molecule has 13 heteroatoms. The van der Waals surface area contributed by atoms with Crippen LogP contribution in [0.3, 0.4) is 0 Å². The molecule has 1 saturated heterocycles. The smallest absolute Gasteiger partial charge is 0.230 e. The molecule has 3 aliphatic rings. The molecule has 2 fully saturated rings. The molecule has 1 saturated carbocycles. The lowest BCUT2D eigenvalue weighted by atomic mass is 9.76. The highest BCUT2D eigenvalue weighted by Gasteiger charge is 2.48. The first-order valence-corrected chi connectivity index (χ1v) is 16.3. The summed E-state index contributed by atoms with van der Waals surface area (Å²) in [5.41, 5.74) is 3.55. The van der Waals surface area contributed by atoms with Gasteiger partial charge in [-0.25, -0.2) is 13.8 Å². The third-order valence-corrected chi connectivity index (χ3v) is 9.63. The van der Waals surface area contributed by atoms with Gasteiger partial charge in [-0.15, -0.1) is 5.48 Å². The van der Waals surface area contributed by atoms with Gasteiger partial charge in [0.2, 0.25) is 11.8 Å². The van der Waals surface area contributed by atoms with Crippen molar-refractivity contribution in [2.75, 3.05) is 33.4 Å². The molecule has 9 nitrogen and oxygen atoms in total.